The molecule has 20 atom stereocenters. The second kappa shape index (κ2) is 62.1. The molecule has 139 heavy (non-hydrogen) atoms. The number of nitrogens with two attached hydrogens (primary N) is 4. The van der Waals surface area contributed by atoms with E-state index in [1.807, 2.05) is 5.32 Å². The fourth-order valence-corrected chi connectivity index (χ4v) is 14.3. The van der Waals surface area contributed by atoms with E-state index in [9.17, 15) is 141 Å². The number of hydrogen-bond donors (Lipinski definition) is 28. The number of phenolic OH excluding ortho intramolecular Hbond substituents is 1. The van der Waals surface area contributed by atoms with Crippen LogP contribution in [0.1, 0.15) is 197 Å². The van der Waals surface area contributed by atoms with E-state index >= 15 is 0 Å². The van der Waals surface area contributed by atoms with Crippen LogP contribution < -0.4 is 108 Å². The number of phenols is 1. The van der Waals surface area contributed by atoms with Crippen molar-refractivity contribution in [1.82, 2.24) is 90.0 Å². The topological polar surface area (TPSA) is 834 Å². The van der Waals surface area contributed by atoms with Crippen molar-refractivity contribution in [3.05, 3.63) is 29.8 Å². The Labute approximate surface area is 808 Å². The highest BCUT2D eigenvalue weighted by molar-refractivity contribution is 7.80. The maximum Gasteiger partial charge on any atom is 0.326 e. The lowest BCUT2D eigenvalue weighted by Crippen LogP contribution is -2.62. The number of thiol groups is 1. The van der Waals surface area contributed by atoms with Gasteiger partial charge in [-0.15, -0.1) is 0 Å². The summed E-state index contributed by atoms with van der Waals surface area (Å²) in [5.41, 5.74) is 23.3. The van der Waals surface area contributed by atoms with Crippen molar-refractivity contribution in [2.45, 2.75) is 301 Å². The fraction of sp³-hybridized carbons (Fsp3) is 0.667. The average Bonchev–Trinajstić information content (AvgIpc) is 1.63. The third kappa shape index (κ3) is 43.3. The summed E-state index contributed by atoms with van der Waals surface area (Å²) >= 11 is 3.99. The summed E-state index contributed by atoms with van der Waals surface area (Å²) < 4.78 is 0. The molecule has 2 rings (SSSR count). The summed E-state index contributed by atoms with van der Waals surface area (Å²) in [6, 6.07) is -23.1. The predicted octanol–water partition coefficient (Wildman–Crippen LogP) is -7.07. The monoisotopic (exact) mass is 1990 g/mol. The van der Waals surface area contributed by atoms with Gasteiger partial charge in [-0.25, -0.2) is 4.79 Å². The van der Waals surface area contributed by atoms with Crippen LogP contribution in [0.2, 0.25) is 0 Å². The zero-order chi connectivity index (χ0) is 106. The van der Waals surface area contributed by atoms with Crippen molar-refractivity contribution in [1.29, 1.82) is 0 Å². The van der Waals surface area contributed by atoms with Crippen molar-refractivity contribution in [2.24, 2.45) is 52.5 Å². The zero-order valence-corrected chi connectivity index (χ0v) is 80.8. The number of nitrogens with one attached hydrogen (secondary N) is 16. The molecule has 31 N–H and O–H groups in total. The molecule has 1 aromatic carbocycles. The number of amides is 18. The quantitative estimate of drug-likeness (QED) is 0.0213. The molecule has 51 nitrogen and oxygen atoms in total. The first kappa shape index (κ1) is 122. The molecule has 1 fully saturated rings. The first-order valence-electron chi connectivity index (χ1n) is 45.9. The van der Waals surface area contributed by atoms with Crippen LogP contribution in [0.4, 0.5) is 0 Å². The number of benzene rings is 1. The van der Waals surface area contributed by atoms with Gasteiger partial charge < -0.3 is 149 Å². The standard InChI is InChI=1S/C87H141N21O30S/c1-12-43(8)68(104-62(112)38-92-72(122)49(90)40-139)83(133)94-50(20-15-17-29-88)73(123)97-54(33-47-23-25-48(110)26-24-47)78(128)106-69(44(9)13-2)84(134)95-51(21-16-18-30-89)74(124)99-56(35-64(115)116)77(127)100-57(36-65(117)118)79(129)105-67(42(6)7)82(132)107-70(45(10)14-3)85(135)101-53(32-41(4)5)75(125)98-55(34-61(91)111)76(126)96-52(27-28-63(113)114)86(136)108-31-19-22-60(108)81(131)103-59(39-109)80(130)93-46(11)71(121)102-58(87(137)138)37-66(119)120/h23-26,41-46,49-60,67-70,109-110,139H,12-22,27-40,88-90H2,1-11H3,(H2,91,111)(H,92,122)(H,93,130)(H,94,133)(H,95,134)(H,96,126)(H,97,123)(H,98,125)(H,99,124)(H,100,127)(H,101,135)(H,102,121)(H,103,131)(H,104,112)(H,105,129)(H,106,128)(H,107,132)(H,113,114)(H,115,116)(H,117,118)(H,119,120)(H,137,138)/t43-,44-,45-,46-,49-,50-,51-,52-,53-,54-,55-,56-,57-,58-,59-,60-,67-,68-,69-,70-/m0/s1. The van der Waals surface area contributed by atoms with Crippen molar-refractivity contribution in [3.63, 3.8) is 0 Å². The van der Waals surface area contributed by atoms with E-state index in [2.05, 4.69) is 92.4 Å². The van der Waals surface area contributed by atoms with E-state index in [0.29, 0.717) is 18.4 Å². The van der Waals surface area contributed by atoms with E-state index in [1.54, 1.807) is 48.5 Å². The zero-order valence-electron chi connectivity index (χ0n) is 79.9. The average molecular weight is 1990 g/mol. The number of likely N-dealkylation sites (tertiary alicyclic amines) is 1. The van der Waals surface area contributed by atoms with Crippen LogP contribution in [0.3, 0.4) is 0 Å². The number of nitrogens with zero attached hydrogens (tertiary/aromatic N) is 1. The van der Waals surface area contributed by atoms with Crippen LogP contribution in [0, 0.1) is 29.6 Å². The van der Waals surface area contributed by atoms with Gasteiger partial charge in [0.05, 0.1) is 44.9 Å². The molecule has 0 saturated carbocycles. The molecule has 0 spiro atoms. The molecule has 0 bridgehead atoms. The van der Waals surface area contributed by atoms with E-state index in [4.69, 9.17) is 28.0 Å². The van der Waals surface area contributed by atoms with Gasteiger partial charge in [0.2, 0.25) is 106 Å². The normalized spacial score (nSPS) is 16.4. The smallest absolute Gasteiger partial charge is 0.326 e. The van der Waals surface area contributed by atoms with Gasteiger partial charge >= 0.3 is 29.8 Å². The molecule has 1 saturated heterocycles. The number of carboxylic acids is 5. The van der Waals surface area contributed by atoms with E-state index in [0.717, 1.165) is 11.8 Å². The van der Waals surface area contributed by atoms with Gasteiger partial charge in [-0.05, 0) is 132 Å². The molecule has 780 valence electrons. The molecule has 1 aliphatic rings. The highest BCUT2D eigenvalue weighted by Crippen LogP contribution is 2.23. The lowest BCUT2D eigenvalue weighted by Gasteiger charge is -2.31. The molecule has 0 aliphatic carbocycles. The maximum atomic E-state index is 14.9. The summed E-state index contributed by atoms with van der Waals surface area (Å²) in [6.07, 6.45) is -5.37. The van der Waals surface area contributed by atoms with Gasteiger partial charge in [0.1, 0.15) is 102 Å². The molecule has 1 heterocycles. The van der Waals surface area contributed by atoms with Crippen LogP contribution >= 0.6 is 12.6 Å². The molecule has 1 aliphatic heterocycles. The Morgan fingerprint density at radius 3 is 1.24 bits per heavy atom. The third-order valence-electron chi connectivity index (χ3n) is 22.8. The number of aliphatic carboxylic acids is 5. The van der Waals surface area contributed by atoms with Crippen molar-refractivity contribution in [2.75, 3.05) is 38.5 Å². The van der Waals surface area contributed by atoms with Crippen molar-refractivity contribution in [3.8, 4) is 5.75 Å². The number of aromatic hydroxyl groups is 1. The number of carboxylic acid groups (broad SMARTS) is 5. The molecular weight excluding hydrogens is 1850 g/mol. The molecule has 1 aromatic rings. The van der Waals surface area contributed by atoms with Gasteiger partial charge in [0, 0.05) is 25.1 Å². The highest BCUT2D eigenvalue weighted by atomic mass is 32.1. The minimum atomic E-state index is -2.19. The maximum absolute atomic E-state index is 14.9. The molecule has 0 unspecified atom stereocenters. The number of primary amides is 1. The van der Waals surface area contributed by atoms with Gasteiger partial charge in [-0.3, -0.25) is 105 Å². The van der Waals surface area contributed by atoms with Gasteiger partial charge in [-0.2, -0.15) is 12.6 Å². The molecule has 18 amide bonds. The van der Waals surface area contributed by atoms with Crippen LogP contribution in [0.25, 0.3) is 0 Å². The first-order valence-corrected chi connectivity index (χ1v) is 46.5. The Morgan fingerprint density at radius 2 is 0.813 bits per heavy atom. The summed E-state index contributed by atoms with van der Waals surface area (Å²) in [4.78, 5) is 313. The second-order valence-electron chi connectivity index (χ2n) is 34.9. The minimum absolute atomic E-state index is 0.0289. The van der Waals surface area contributed by atoms with Crippen molar-refractivity contribution >= 4 is 149 Å². The molecule has 0 radical (unpaired) electrons. The lowest BCUT2D eigenvalue weighted by atomic mass is 9.95. The Bertz CT molecular complexity index is 4420. The highest BCUT2D eigenvalue weighted by Gasteiger charge is 2.44. The van der Waals surface area contributed by atoms with Crippen LogP contribution in [0.5, 0.6) is 5.75 Å². The Balaban J connectivity index is 2.55. The first-order chi connectivity index (χ1) is 65.2. The minimum Gasteiger partial charge on any atom is -0.508 e. The Hall–Kier alpha value is -13.0. The van der Waals surface area contributed by atoms with Gasteiger partial charge in [0.25, 0.3) is 0 Å². The number of carbonyl (C=O) groups excluding carboxylic acids is 18. The van der Waals surface area contributed by atoms with Crippen LogP contribution in [0.15, 0.2) is 24.3 Å². The largest absolute Gasteiger partial charge is 0.508 e. The Kier molecular flexibility index (Phi) is 54.5. The Morgan fingerprint density at radius 1 is 0.424 bits per heavy atom. The summed E-state index contributed by atoms with van der Waals surface area (Å²) in [6.45, 7) is 15.2. The van der Waals surface area contributed by atoms with Gasteiger partial charge in [-0.1, -0.05) is 101 Å². The number of aliphatic hydroxyl groups is 1. The molecular formula is C87H141N21O30S. The predicted molar refractivity (Wildman–Crippen MR) is 497 cm³/mol. The third-order valence-corrected chi connectivity index (χ3v) is 23.2. The number of rotatable bonds is 66. The number of unbranched alkanes of at least 4 members (excludes halogenated alkanes) is 2. The van der Waals surface area contributed by atoms with E-state index < -0.39 is 320 Å². The molecule has 0 aromatic heterocycles. The fourth-order valence-electron chi connectivity index (χ4n) is 14.2. The summed E-state index contributed by atoms with van der Waals surface area (Å²) in [7, 11) is 0. The van der Waals surface area contributed by atoms with Crippen LogP contribution in [-0.2, 0) is 117 Å². The van der Waals surface area contributed by atoms with Crippen LogP contribution in [-0.4, -0.2) is 318 Å². The SMILES string of the molecule is CC[C@H](C)[C@H](NC(=O)CNC(=O)[C@@H](N)CS)C(=O)N[C@@H](CCCCN)C(=O)N[C@@H](Cc1ccc(O)cc1)C(=O)N[C@H](C(=O)N[C@@H](CCCCN)C(=O)N[C@@H](CC(=O)O)C(=O)N[C@@H](CC(=O)O)C(=O)N[C@H](C(=O)N[C@H](C(=O)N[C@@H](CC(C)C)C(=O)N[C@@H](CC(N)=O)C(=O)N[C@@H](CCC(=O)O)C(=O)N1CCC[C@H]1C(=O)N[C@@H](CO)C(=O)N[C@@H](C)C(=O)N[C@@H](CC(=O)O)C(=O)O)[C@@H](C)CC)C(C)C)[C@@H](C)CC. The summed E-state index contributed by atoms with van der Waals surface area (Å²) in [5, 5.41) is 107. The number of aliphatic hydroxyl groups excluding tert-OH is 1. The number of hydrogen-bond acceptors (Lipinski definition) is 29. The second-order valence-corrected chi connectivity index (χ2v) is 35.3. The molecule has 52 heteroatoms. The summed E-state index contributed by atoms with van der Waals surface area (Å²) in [5.74, 6) is -31.8. The van der Waals surface area contributed by atoms with E-state index in [1.165, 1.54) is 45.0 Å². The van der Waals surface area contributed by atoms with Crippen molar-refractivity contribution < 1.29 is 146 Å². The lowest BCUT2D eigenvalue weighted by molar-refractivity contribution is -0.147. The van der Waals surface area contributed by atoms with E-state index in [-0.39, 0.29) is 102 Å². The van der Waals surface area contributed by atoms with Gasteiger partial charge in [0.15, 0.2) is 0 Å². The number of carbonyl (C=O) groups is 23.